The third kappa shape index (κ3) is 5.27. The number of carbonyl (C=O) groups excluding carboxylic acids is 1. The molecule has 2 heterocycles. The highest BCUT2D eigenvalue weighted by atomic mass is 16.7. The first-order valence-corrected chi connectivity index (χ1v) is 10.9. The third-order valence-corrected chi connectivity index (χ3v) is 6.51. The highest BCUT2D eigenvalue weighted by molar-refractivity contribution is 6.31. The van der Waals surface area contributed by atoms with Gasteiger partial charge in [0.05, 0.1) is 31.4 Å². The van der Waals surface area contributed by atoms with E-state index in [-0.39, 0.29) is 36.5 Å². The van der Waals surface area contributed by atoms with Crippen LogP contribution in [0.3, 0.4) is 0 Å². The minimum absolute atomic E-state index is 0.0694. The molecule has 9 nitrogen and oxygen atoms in total. The van der Waals surface area contributed by atoms with Crippen LogP contribution in [-0.4, -0.2) is 78.6 Å². The normalized spacial score (nSPS) is 26.8. The van der Waals surface area contributed by atoms with Crippen LogP contribution in [0.2, 0.25) is 0 Å². The van der Waals surface area contributed by atoms with Gasteiger partial charge in [-0.25, -0.2) is 0 Å². The standard InChI is InChI=1S/C24H33N3O6/c1-26-13-16(12-25)18(11-23(30-3)31-4)20(14-33-15-29-2)22(26)10-19-17-8-6-7-9-21(17)27(32-5)24(19)28/h6-10,16,18,20,22-23H,11,13-15H2,1-5H3/b19-10+/t16-,18-,20-,22-/m0/s1. The summed E-state index contributed by atoms with van der Waals surface area (Å²) in [6.45, 7) is 1.06. The Balaban J connectivity index is 2.02. The van der Waals surface area contributed by atoms with Gasteiger partial charge in [-0.05, 0) is 19.0 Å². The summed E-state index contributed by atoms with van der Waals surface area (Å²) in [7, 11) is 8.20. The van der Waals surface area contributed by atoms with Crippen molar-refractivity contribution in [1.29, 1.82) is 5.26 Å². The average Bonchev–Trinajstić information content (AvgIpc) is 3.10. The lowest BCUT2D eigenvalue weighted by Crippen LogP contribution is -2.53. The van der Waals surface area contributed by atoms with Crippen molar-refractivity contribution in [3.05, 3.63) is 35.9 Å². The topological polar surface area (TPSA) is 93.5 Å². The molecular formula is C24H33N3O6. The Morgan fingerprint density at radius 1 is 1.18 bits per heavy atom. The summed E-state index contributed by atoms with van der Waals surface area (Å²) in [5.41, 5.74) is 2.11. The average molecular weight is 460 g/mol. The van der Waals surface area contributed by atoms with E-state index < -0.39 is 6.29 Å². The molecule has 0 unspecified atom stereocenters. The van der Waals surface area contributed by atoms with Crippen LogP contribution >= 0.6 is 0 Å². The Labute approximate surface area is 195 Å². The number of methoxy groups -OCH3 is 3. The number of fused-ring (bicyclic) bond motifs is 1. The van der Waals surface area contributed by atoms with Crippen molar-refractivity contribution in [3.8, 4) is 6.07 Å². The number of rotatable bonds is 10. The van der Waals surface area contributed by atoms with E-state index in [0.717, 1.165) is 5.56 Å². The number of hydrogen-bond donors (Lipinski definition) is 0. The molecule has 180 valence electrons. The van der Waals surface area contributed by atoms with E-state index in [4.69, 9.17) is 23.8 Å². The minimum Gasteiger partial charge on any atom is -0.359 e. The lowest BCUT2D eigenvalue weighted by Gasteiger charge is -2.46. The van der Waals surface area contributed by atoms with Gasteiger partial charge in [0.25, 0.3) is 5.91 Å². The largest absolute Gasteiger partial charge is 0.359 e. The number of likely N-dealkylation sites (tertiary alicyclic amines) is 1. The number of nitriles is 1. The molecule has 1 aromatic carbocycles. The summed E-state index contributed by atoms with van der Waals surface area (Å²) in [5.74, 6) is -0.620. The number of nitrogens with zero attached hydrogens (tertiary/aromatic N) is 3. The van der Waals surface area contributed by atoms with Crippen molar-refractivity contribution in [2.75, 3.05) is 60.5 Å². The Kier molecular flexibility index (Phi) is 8.97. The van der Waals surface area contributed by atoms with Crippen molar-refractivity contribution in [2.24, 2.45) is 17.8 Å². The zero-order valence-electron chi connectivity index (χ0n) is 19.9. The zero-order valence-corrected chi connectivity index (χ0v) is 19.9. The SMILES string of the molecule is COCOC[C@H]1[C@@H](CC(OC)OC)[C@@H](C#N)CN(C)[C@H]1/C=C1/C(=O)N(OC)c2ccccc21. The number of hydroxylamine groups is 1. The summed E-state index contributed by atoms with van der Waals surface area (Å²) in [6.07, 6.45) is 2.08. The smallest absolute Gasteiger partial charge is 0.282 e. The molecule has 33 heavy (non-hydrogen) atoms. The minimum atomic E-state index is -0.440. The van der Waals surface area contributed by atoms with Crippen molar-refractivity contribution in [1.82, 2.24) is 4.90 Å². The van der Waals surface area contributed by atoms with Gasteiger partial charge in [0.2, 0.25) is 0 Å². The van der Waals surface area contributed by atoms with Crippen molar-refractivity contribution in [3.63, 3.8) is 0 Å². The monoisotopic (exact) mass is 459 g/mol. The van der Waals surface area contributed by atoms with E-state index in [0.29, 0.717) is 30.8 Å². The van der Waals surface area contributed by atoms with Crippen LogP contribution in [0.15, 0.2) is 30.3 Å². The fraction of sp³-hybridized carbons (Fsp3) is 0.583. The Bertz CT molecular complexity index is 881. The van der Waals surface area contributed by atoms with Crippen LogP contribution in [0, 0.1) is 29.1 Å². The second kappa shape index (κ2) is 11.7. The van der Waals surface area contributed by atoms with Gasteiger partial charge >= 0.3 is 0 Å². The number of para-hydroxylation sites is 1. The molecule has 0 bridgehead atoms. The third-order valence-electron chi connectivity index (χ3n) is 6.51. The second-order valence-electron chi connectivity index (χ2n) is 8.29. The van der Waals surface area contributed by atoms with Crippen LogP contribution in [0.1, 0.15) is 12.0 Å². The summed E-state index contributed by atoms with van der Waals surface area (Å²) in [6, 6.07) is 9.85. The Morgan fingerprint density at radius 2 is 1.91 bits per heavy atom. The number of amides is 1. The molecule has 1 aromatic rings. The molecule has 0 aliphatic carbocycles. The Morgan fingerprint density at radius 3 is 2.55 bits per heavy atom. The van der Waals surface area contributed by atoms with Gasteiger partial charge < -0.3 is 18.9 Å². The maximum Gasteiger partial charge on any atom is 0.282 e. The van der Waals surface area contributed by atoms with E-state index in [1.807, 2.05) is 37.4 Å². The lowest BCUT2D eigenvalue weighted by atomic mass is 9.72. The van der Waals surface area contributed by atoms with Crippen molar-refractivity contribution < 1.29 is 28.6 Å². The molecule has 0 aromatic heterocycles. The molecular weight excluding hydrogens is 426 g/mol. The van der Waals surface area contributed by atoms with Crippen LogP contribution in [0.5, 0.6) is 0 Å². The molecule has 9 heteroatoms. The number of hydrogen-bond acceptors (Lipinski definition) is 8. The zero-order chi connectivity index (χ0) is 24.0. The van der Waals surface area contributed by atoms with Crippen LogP contribution < -0.4 is 5.06 Å². The van der Waals surface area contributed by atoms with Crippen LogP contribution in [-0.2, 0) is 28.6 Å². The lowest BCUT2D eigenvalue weighted by molar-refractivity contribution is -0.135. The molecule has 2 aliphatic heterocycles. The van der Waals surface area contributed by atoms with Gasteiger partial charge in [0, 0.05) is 57.4 Å². The predicted molar refractivity (Wildman–Crippen MR) is 122 cm³/mol. The number of piperidine rings is 1. The summed E-state index contributed by atoms with van der Waals surface area (Å²) >= 11 is 0. The van der Waals surface area contributed by atoms with E-state index in [2.05, 4.69) is 11.0 Å². The molecule has 0 radical (unpaired) electrons. The molecule has 2 aliphatic rings. The number of carbonyl (C=O) groups is 1. The van der Waals surface area contributed by atoms with E-state index in [1.165, 1.54) is 12.2 Å². The van der Waals surface area contributed by atoms with Gasteiger partial charge in [0.1, 0.15) is 6.79 Å². The number of benzene rings is 1. The fourth-order valence-corrected chi connectivity index (χ4v) is 4.90. The highest BCUT2D eigenvalue weighted by Crippen LogP contribution is 2.41. The summed E-state index contributed by atoms with van der Waals surface area (Å²) in [4.78, 5) is 20.6. The molecule has 1 fully saturated rings. The molecule has 3 rings (SSSR count). The first kappa shape index (κ1) is 25.3. The molecule has 0 spiro atoms. The first-order valence-electron chi connectivity index (χ1n) is 10.9. The number of anilines is 1. The second-order valence-corrected chi connectivity index (χ2v) is 8.29. The number of ether oxygens (including phenoxy) is 4. The quantitative estimate of drug-likeness (QED) is 0.299. The maximum atomic E-state index is 13.2. The fourth-order valence-electron chi connectivity index (χ4n) is 4.90. The molecule has 0 N–H and O–H groups in total. The molecule has 1 amide bonds. The van der Waals surface area contributed by atoms with Crippen LogP contribution in [0.25, 0.3) is 5.57 Å². The van der Waals surface area contributed by atoms with E-state index in [1.54, 1.807) is 21.3 Å². The molecule has 1 saturated heterocycles. The van der Waals surface area contributed by atoms with Gasteiger partial charge in [-0.1, -0.05) is 24.3 Å². The molecule has 4 atom stereocenters. The van der Waals surface area contributed by atoms with Gasteiger partial charge in [-0.2, -0.15) is 10.3 Å². The number of likely N-dealkylation sites (N-methyl/N-ethyl adjacent to an activating group) is 1. The van der Waals surface area contributed by atoms with Crippen molar-refractivity contribution in [2.45, 2.75) is 18.8 Å². The van der Waals surface area contributed by atoms with Gasteiger partial charge in [0.15, 0.2) is 6.29 Å². The Hall–Kier alpha value is -2.32. The summed E-state index contributed by atoms with van der Waals surface area (Å²) < 4.78 is 21.8. The molecule has 0 saturated carbocycles. The van der Waals surface area contributed by atoms with E-state index >= 15 is 0 Å². The highest BCUT2D eigenvalue weighted by Gasteiger charge is 2.44. The van der Waals surface area contributed by atoms with E-state index in [9.17, 15) is 10.1 Å². The van der Waals surface area contributed by atoms with Crippen LogP contribution in [0.4, 0.5) is 5.69 Å². The van der Waals surface area contributed by atoms with Gasteiger partial charge in [-0.15, -0.1) is 0 Å². The van der Waals surface area contributed by atoms with Crippen molar-refractivity contribution >= 4 is 17.2 Å². The summed E-state index contributed by atoms with van der Waals surface area (Å²) in [5, 5.41) is 11.2. The first-order chi connectivity index (χ1) is 16.0. The van der Waals surface area contributed by atoms with Gasteiger partial charge in [-0.3, -0.25) is 14.5 Å². The predicted octanol–water partition coefficient (Wildman–Crippen LogP) is 2.29. The maximum absolute atomic E-state index is 13.2.